The molecule has 34 heavy (non-hydrogen) atoms. The van der Waals surface area contributed by atoms with Crippen LogP contribution in [0.1, 0.15) is 52.0 Å². The SMILES string of the molecule is C[C@]12C(=CC(=O)[C@]3(C)COC(=O)C[C@H]13)O[C@H]1[C@H]2[C@@](C)(O)[C@@]23O[C@@H]2C[C@@H](c2ccoc2)[C@]3(C)[C@H]1O. The van der Waals surface area contributed by atoms with Crippen molar-refractivity contribution in [3.8, 4) is 0 Å². The minimum absolute atomic E-state index is 0.00132. The zero-order valence-corrected chi connectivity index (χ0v) is 19.7. The first-order valence-corrected chi connectivity index (χ1v) is 12.1. The van der Waals surface area contributed by atoms with Crippen molar-refractivity contribution in [2.45, 2.75) is 76.0 Å². The Balaban J connectivity index is 1.41. The maximum Gasteiger partial charge on any atom is 0.306 e. The largest absolute Gasteiger partial charge is 0.491 e. The standard InChI is InChI=1S/C26H30O8/c1-22-11-32-18(28)8-14(22)23(2)16(9-15(22)27)33-19-20(23)25(4,30)26-17(34-26)7-13(12-5-6-31-10-12)24(26,3)21(19)29/h5-6,9-10,13-14,17,19-21,29-30H,7-8,11H2,1-4H3/t13-,14-,17+,19-,20+,21-,22+,23+,24+,25+,26+/m0/s1. The quantitative estimate of drug-likeness (QED) is 0.473. The average Bonchev–Trinajstić information content (AvgIpc) is 3.07. The number of hydrogen-bond acceptors (Lipinski definition) is 8. The number of rotatable bonds is 1. The van der Waals surface area contributed by atoms with Crippen molar-refractivity contribution in [1.82, 2.24) is 0 Å². The number of aliphatic hydroxyl groups excluding tert-OH is 1. The van der Waals surface area contributed by atoms with Gasteiger partial charge in [0, 0.05) is 28.7 Å². The van der Waals surface area contributed by atoms with Crippen LogP contribution in [0.15, 0.2) is 34.8 Å². The van der Waals surface area contributed by atoms with Crippen LogP contribution < -0.4 is 0 Å². The van der Waals surface area contributed by atoms with Gasteiger partial charge < -0.3 is 28.8 Å². The number of allylic oxidation sites excluding steroid dienone is 2. The number of esters is 1. The lowest BCUT2D eigenvalue weighted by atomic mass is 9.44. The zero-order valence-electron chi connectivity index (χ0n) is 19.7. The van der Waals surface area contributed by atoms with Crippen molar-refractivity contribution in [3.05, 3.63) is 36.0 Å². The highest BCUT2D eigenvalue weighted by molar-refractivity contribution is 5.98. The third-order valence-corrected chi connectivity index (χ3v) is 10.9. The van der Waals surface area contributed by atoms with Gasteiger partial charge in [-0.25, -0.2) is 0 Å². The van der Waals surface area contributed by atoms with Crippen molar-refractivity contribution in [2.75, 3.05) is 6.61 Å². The molecule has 1 aromatic heterocycles. The molecule has 2 N–H and O–H groups in total. The van der Waals surface area contributed by atoms with Gasteiger partial charge in [0.15, 0.2) is 5.78 Å². The summed E-state index contributed by atoms with van der Waals surface area (Å²) in [6.45, 7) is 7.57. The summed E-state index contributed by atoms with van der Waals surface area (Å²) in [5.74, 6) is -1.15. The van der Waals surface area contributed by atoms with Gasteiger partial charge in [-0.1, -0.05) is 13.8 Å². The van der Waals surface area contributed by atoms with Gasteiger partial charge in [-0.3, -0.25) is 9.59 Å². The van der Waals surface area contributed by atoms with Crippen LogP contribution in [0.25, 0.3) is 0 Å². The third kappa shape index (κ3) is 1.92. The lowest BCUT2D eigenvalue weighted by Gasteiger charge is -2.60. The maximum absolute atomic E-state index is 13.2. The minimum atomic E-state index is -1.39. The molecule has 3 aliphatic heterocycles. The molecule has 1 spiro atoms. The Morgan fingerprint density at radius 2 is 1.91 bits per heavy atom. The normalized spacial score (nSPS) is 56.8. The minimum Gasteiger partial charge on any atom is -0.491 e. The van der Waals surface area contributed by atoms with Gasteiger partial charge >= 0.3 is 5.97 Å². The maximum atomic E-state index is 13.2. The second-order valence-corrected chi connectivity index (χ2v) is 12.1. The van der Waals surface area contributed by atoms with Crippen molar-refractivity contribution >= 4 is 11.8 Å². The van der Waals surface area contributed by atoms with Crippen LogP contribution in [-0.2, 0) is 23.8 Å². The van der Waals surface area contributed by atoms with Gasteiger partial charge in [-0.15, -0.1) is 0 Å². The van der Waals surface area contributed by atoms with E-state index in [1.54, 1.807) is 19.5 Å². The first-order chi connectivity index (χ1) is 15.9. The molecule has 0 aromatic carbocycles. The molecule has 3 saturated heterocycles. The molecular formula is C26H30O8. The second kappa shape index (κ2) is 5.79. The summed E-state index contributed by atoms with van der Waals surface area (Å²) < 4.78 is 23.4. The molecule has 4 heterocycles. The molecule has 7 rings (SSSR count). The number of ketones is 1. The second-order valence-electron chi connectivity index (χ2n) is 12.1. The Bertz CT molecular complexity index is 1150. The number of aliphatic hydroxyl groups is 2. The number of fused-ring (bicyclic) bond motifs is 5. The lowest BCUT2D eigenvalue weighted by molar-refractivity contribution is -0.246. The summed E-state index contributed by atoms with van der Waals surface area (Å²) in [7, 11) is 0. The number of hydrogen-bond donors (Lipinski definition) is 2. The molecule has 1 aromatic rings. The monoisotopic (exact) mass is 470 g/mol. The van der Waals surface area contributed by atoms with Gasteiger partial charge in [0.25, 0.3) is 0 Å². The van der Waals surface area contributed by atoms with Gasteiger partial charge in [-0.2, -0.15) is 0 Å². The Morgan fingerprint density at radius 1 is 1.15 bits per heavy atom. The molecule has 0 bridgehead atoms. The van der Waals surface area contributed by atoms with E-state index in [1.165, 1.54) is 6.08 Å². The topological polar surface area (TPSA) is 119 Å². The van der Waals surface area contributed by atoms with E-state index in [0.717, 1.165) is 5.56 Å². The van der Waals surface area contributed by atoms with Crippen LogP contribution >= 0.6 is 0 Å². The predicted molar refractivity (Wildman–Crippen MR) is 115 cm³/mol. The van der Waals surface area contributed by atoms with E-state index in [9.17, 15) is 19.8 Å². The molecule has 3 aliphatic carbocycles. The summed E-state index contributed by atoms with van der Waals surface area (Å²) in [6, 6.07) is 1.90. The van der Waals surface area contributed by atoms with Crippen LogP contribution in [0.5, 0.6) is 0 Å². The molecule has 5 fully saturated rings. The third-order valence-electron chi connectivity index (χ3n) is 10.9. The number of carbonyl (C=O) groups is 2. The zero-order chi connectivity index (χ0) is 24.1. The summed E-state index contributed by atoms with van der Waals surface area (Å²) >= 11 is 0. The first-order valence-electron chi connectivity index (χ1n) is 12.1. The van der Waals surface area contributed by atoms with Gasteiger partial charge in [-0.05, 0) is 37.8 Å². The van der Waals surface area contributed by atoms with Crippen LogP contribution in [-0.4, -0.2) is 58.1 Å². The fourth-order valence-electron chi connectivity index (χ4n) is 9.29. The van der Waals surface area contributed by atoms with E-state index in [-0.39, 0.29) is 36.8 Å². The molecule has 6 aliphatic rings. The highest BCUT2D eigenvalue weighted by atomic mass is 16.6. The Kier molecular flexibility index (Phi) is 3.60. The van der Waals surface area contributed by atoms with E-state index in [4.69, 9.17) is 18.6 Å². The van der Waals surface area contributed by atoms with Gasteiger partial charge in [0.1, 0.15) is 35.8 Å². The number of furan rings is 1. The summed E-state index contributed by atoms with van der Waals surface area (Å²) in [6.07, 6.45) is 3.59. The fourth-order valence-corrected chi connectivity index (χ4v) is 9.29. The molecule has 11 atom stereocenters. The predicted octanol–water partition coefficient (Wildman–Crippen LogP) is 2.09. The summed E-state index contributed by atoms with van der Waals surface area (Å²) in [4.78, 5) is 25.6. The van der Waals surface area contributed by atoms with E-state index < -0.39 is 51.5 Å². The van der Waals surface area contributed by atoms with E-state index in [0.29, 0.717) is 12.2 Å². The van der Waals surface area contributed by atoms with Crippen LogP contribution in [0, 0.1) is 28.1 Å². The van der Waals surface area contributed by atoms with E-state index >= 15 is 0 Å². The van der Waals surface area contributed by atoms with Crippen molar-refractivity contribution < 1.29 is 38.4 Å². The lowest BCUT2D eigenvalue weighted by Crippen LogP contribution is -2.73. The number of ether oxygens (including phenoxy) is 3. The van der Waals surface area contributed by atoms with Gasteiger partial charge in [0.05, 0.1) is 30.5 Å². The highest BCUT2D eigenvalue weighted by Crippen LogP contribution is 2.79. The van der Waals surface area contributed by atoms with Crippen LogP contribution in [0.3, 0.4) is 0 Å². The molecule has 0 amide bonds. The number of cyclic esters (lactones) is 1. The Hall–Kier alpha value is -2.16. The highest BCUT2D eigenvalue weighted by Gasteiger charge is 2.90. The molecular weight excluding hydrogens is 440 g/mol. The Labute approximate surface area is 197 Å². The molecule has 8 nitrogen and oxygen atoms in total. The Morgan fingerprint density at radius 3 is 2.62 bits per heavy atom. The van der Waals surface area contributed by atoms with Crippen molar-refractivity contribution in [2.24, 2.45) is 28.1 Å². The molecule has 182 valence electrons. The smallest absolute Gasteiger partial charge is 0.306 e. The van der Waals surface area contributed by atoms with E-state index in [2.05, 4.69) is 0 Å². The fraction of sp³-hybridized carbons (Fsp3) is 0.692. The number of epoxide rings is 1. The van der Waals surface area contributed by atoms with E-state index in [1.807, 2.05) is 26.8 Å². The molecule has 8 heteroatoms. The average molecular weight is 471 g/mol. The van der Waals surface area contributed by atoms with Crippen molar-refractivity contribution in [3.63, 3.8) is 0 Å². The van der Waals surface area contributed by atoms with Crippen LogP contribution in [0.4, 0.5) is 0 Å². The molecule has 0 radical (unpaired) electrons. The molecule has 2 saturated carbocycles. The molecule has 0 unspecified atom stereocenters. The summed E-state index contributed by atoms with van der Waals surface area (Å²) in [5.41, 5.74) is -4.00. The van der Waals surface area contributed by atoms with Crippen molar-refractivity contribution in [1.29, 1.82) is 0 Å². The summed E-state index contributed by atoms with van der Waals surface area (Å²) in [5, 5.41) is 24.4. The van der Waals surface area contributed by atoms with Crippen LogP contribution in [0.2, 0.25) is 0 Å². The number of carbonyl (C=O) groups excluding carboxylic acids is 2. The first kappa shape index (κ1) is 21.1. The van der Waals surface area contributed by atoms with Gasteiger partial charge in [0.2, 0.25) is 0 Å².